The predicted octanol–water partition coefficient (Wildman–Crippen LogP) is 2.56. The highest BCUT2D eigenvalue weighted by atomic mass is 32.2. The van der Waals surface area contributed by atoms with Gasteiger partial charge in [0.2, 0.25) is 10.0 Å². The largest absolute Gasteiger partial charge is 0.326 e. The van der Waals surface area contributed by atoms with Gasteiger partial charge < -0.3 is 5.73 Å². The second kappa shape index (κ2) is 7.76. The molecule has 0 bridgehead atoms. The fraction of sp³-hybridized carbons (Fsp3) is 0.600. The number of sulfonamides is 1. The van der Waals surface area contributed by atoms with E-state index < -0.39 is 10.0 Å². The minimum Gasteiger partial charge on any atom is -0.326 e. The van der Waals surface area contributed by atoms with E-state index in [9.17, 15) is 8.42 Å². The summed E-state index contributed by atoms with van der Waals surface area (Å²) in [6.45, 7) is 7.06. The number of unbranched alkanes of at least 4 members (excludes halogenated alkanes) is 1. The second-order valence-electron chi connectivity index (χ2n) is 5.59. The van der Waals surface area contributed by atoms with Gasteiger partial charge in [-0.1, -0.05) is 38.8 Å². The van der Waals surface area contributed by atoms with E-state index in [0.717, 1.165) is 30.4 Å². The van der Waals surface area contributed by atoms with Crippen LogP contribution in [-0.4, -0.2) is 15.0 Å². The molecule has 0 heterocycles. The fourth-order valence-corrected chi connectivity index (χ4v) is 3.40. The first kappa shape index (κ1) is 17.1. The van der Waals surface area contributed by atoms with Crippen molar-refractivity contribution in [2.75, 3.05) is 6.54 Å². The Kier molecular flexibility index (Phi) is 6.65. The van der Waals surface area contributed by atoms with Crippen molar-refractivity contribution in [1.29, 1.82) is 0 Å². The molecule has 0 fully saturated rings. The van der Waals surface area contributed by atoms with Crippen molar-refractivity contribution >= 4 is 10.0 Å². The monoisotopic (exact) mass is 298 g/mol. The van der Waals surface area contributed by atoms with Crippen molar-refractivity contribution in [2.45, 2.75) is 51.5 Å². The number of rotatable bonds is 8. The summed E-state index contributed by atoms with van der Waals surface area (Å²) in [5.74, 6) is 0.664. The number of nitrogens with one attached hydrogen (secondary N) is 1. The Labute approximate surface area is 122 Å². The van der Waals surface area contributed by atoms with Gasteiger partial charge in [-0.25, -0.2) is 13.1 Å². The maximum atomic E-state index is 12.2. The van der Waals surface area contributed by atoms with Gasteiger partial charge in [0.15, 0.2) is 0 Å². The van der Waals surface area contributed by atoms with Crippen molar-refractivity contribution in [1.82, 2.24) is 4.72 Å². The molecule has 0 aliphatic carbocycles. The van der Waals surface area contributed by atoms with Gasteiger partial charge in [-0.3, -0.25) is 0 Å². The van der Waals surface area contributed by atoms with E-state index in [4.69, 9.17) is 5.73 Å². The van der Waals surface area contributed by atoms with Gasteiger partial charge in [0.25, 0.3) is 0 Å². The van der Waals surface area contributed by atoms with Crippen molar-refractivity contribution in [3.8, 4) is 0 Å². The van der Waals surface area contributed by atoms with Crippen LogP contribution in [-0.2, 0) is 16.6 Å². The smallest absolute Gasteiger partial charge is 0.240 e. The Morgan fingerprint density at radius 2 is 1.95 bits per heavy atom. The van der Waals surface area contributed by atoms with E-state index in [1.54, 1.807) is 19.1 Å². The van der Waals surface area contributed by atoms with Crippen LogP contribution in [0.15, 0.2) is 23.1 Å². The van der Waals surface area contributed by atoms with Gasteiger partial charge in [-0.2, -0.15) is 0 Å². The van der Waals surface area contributed by atoms with Crippen LogP contribution in [0.5, 0.6) is 0 Å². The number of benzene rings is 1. The molecule has 114 valence electrons. The highest BCUT2D eigenvalue weighted by molar-refractivity contribution is 7.89. The van der Waals surface area contributed by atoms with Gasteiger partial charge in [-0.05, 0) is 36.5 Å². The van der Waals surface area contributed by atoms with E-state index in [-0.39, 0.29) is 0 Å². The fourth-order valence-electron chi connectivity index (χ4n) is 2.10. The molecule has 0 saturated heterocycles. The first-order valence-electron chi connectivity index (χ1n) is 7.16. The molecular weight excluding hydrogens is 272 g/mol. The highest BCUT2D eigenvalue weighted by Gasteiger charge is 2.16. The van der Waals surface area contributed by atoms with Gasteiger partial charge in [0.1, 0.15) is 0 Å². The van der Waals surface area contributed by atoms with Gasteiger partial charge >= 0.3 is 0 Å². The van der Waals surface area contributed by atoms with Crippen LogP contribution >= 0.6 is 0 Å². The Bertz CT molecular complexity index is 525. The maximum Gasteiger partial charge on any atom is 0.240 e. The standard InChI is InChI=1S/C15H26N2O2S/c1-12(2)6-4-5-9-17-20(18,19)15-8-7-14(11-16)10-13(15)3/h7-8,10,12,17H,4-6,9,11,16H2,1-3H3. The molecule has 0 atom stereocenters. The molecule has 3 N–H and O–H groups in total. The molecule has 0 amide bonds. The van der Waals surface area contributed by atoms with Crippen molar-refractivity contribution < 1.29 is 8.42 Å². The summed E-state index contributed by atoms with van der Waals surface area (Å²) in [6, 6.07) is 5.22. The lowest BCUT2D eigenvalue weighted by Crippen LogP contribution is -2.25. The molecule has 1 aromatic rings. The van der Waals surface area contributed by atoms with Crippen molar-refractivity contribution in [3.63, 3.8) is 0 Å². The zero-order valence-corrected chi connectivity index (χ0v) is 13.5. The minimum absolute atomic E-state index is 0.346. The molecule has 4 nitrogen and oxygen atoms in total. The summed E-state index contributed by atoms with van der Waals surface area (Å²) < 4.78 is 27.1. The van der Waals surface area contributed by atoms with Gasteiger partial charge in [-0.15, -0.1) is 0 Å². The predicted molar refractivity (Wildman–Crippen MR) is 82.9 cm³/mol. The molecule has 20 heavy (non-hydrogen) atoms. The van der Waals surface area contributed by atoms with E-state index in [1.165, 1.54) is 0 Å². The summed E-state index contributed by atoms with van der Waals surface area (Å²) in [5.41, 5.74) is 7.23. The first-order valence-corrected chi connectivity index (χ1v) is 8.64. The zero-order chi connectivity index (χ0) is 15.2. The lowest BCUT2D eigenvalue weighted by atomic mass is 10.1. The highest BCUT2D eigenvalue weighted by Crippen LogP contribution is 2.16. The van der Waals surface area contributed by atoms with Gasteiger partial charge in [0.05, 0.1) is 4.90 Å². The summed E-state index contributed by atoms with van der Waals surface area (Å²) in [5, 5.41) is 0. The molecular formula is C15H26N2O2S. The van der Waals surface area contributed by atoms with Crippen LogP contribution < -0.4 is 10.5 Å². The number of aryl methyl sites for hydroxylation is 1. The van der Waals surface area contributed by atoms with Gasteiger partial charge in [0, 0.05) is 13.1 Å². The second-order valence-corrected chi connectivity index (χ2v) is 7.33. The Morgan fingerprint density at radius 1 is 1.25 bits per heavy atom. The van der Waals surface area contributed by atoms with Crippen LogP contribution in [0.25, 0.3) is 0 Å². The van der Waals surface area contributed by atoms with Crippen LogP contribution in [0.2, 0.25) is 0 Å². The van der Waals surface area contributed by atoms with Crippen LogP contribution in [0.3, 0.4) is 0 Å². The number of nitrogens with two attached hydrogens (primary N) is 1. The lowest BCUT2D eigenvalue weighted by Gasteiger charge is -2.10. The minimum atomic E-state index is -3.41. The van der Waals surface area contributed by atoms with Crippen molar-refractivity contribution in [2.24, 2.45) is 11.7 Å². The lowest BCUT2D eigenvalue weighted by molar-refractivity contribution is 0.530. The molecule has 0 radical (unpaired) electrons. The third-order valence-corrected chi connectivity index (χ3v) is 4.89. The van der Waals surface area contributed by atoms with E-state index >= 15 is 0 Å². The average molecular weight is 298 g/mol. The zero-order valence-electron chi connectivity index (χ0n) is 12.6. The quantitative estimate of drug-likeness (QED) is 0.724. The molecule has 0 aromatic heterocycles. The summed E-state index contributed by atoms with van der Waals surface area (Å²) in [4.78, 5) is 0.346. The molecule has 0 spiro atoms. The van der Waals surface area contributed by atoms with Crippen LogP contribution in [0, 0.1) is 12.8 Å². The molecule has 0 aliphatic rings. The molecule has 1 rings (SSSR count). The molecule has 1 aromatic carbocycles. The molecule has 5 heteroatoms. The molecule has 0 saturated carbocycles. The molecule has 0 unspecified atom stereocenters. The van der Waals surface area contributed by atoms with Crippen molar-refractivity contribution in [3.05, 3.63) is 29.3 Å². The van der Waals surface area contributed by atoms with E-state index in [2.05, 4.69) is 18.6 Å². The molecule has 0 aliphatic heterocycles. The topological polar surface area (TPSA) is 72.2 Å². The van der Waals surface area contributed by atoms with Crippen LogP contribution in [0.1, 0.15) is 44.2 Å². The Hall–Kier alpha value is -0.910. The SMILES string of the molecule is Cc1cc(CN)ccc1S(=O)(=O)NCCCCC(C)C. The number of hydrogen-bond donors (Lipinski definition) is 2. The third-order valence-electron chi connectivity index (χ3n) is 3.26. The summed E-state index contributed by atoms with van der Waals surface area (Å²) >= 11 is 0. The van der Waals surface area contributed by atoms with E-state index in [1.807, 2.05) is 6.07 Å². The maximum absolute atomic E-state index is 12.2. The Morgan fingerprint density at radius 3 is 2.50 bits per heavy atom. The van der Waals surface area contributed by atoms with E-state index in [0.29, 0.717) is 23.9 Å². The number of hydrogen-bond acceptors (Lipinski definition) is 3. The normalized spacial score (nSPS) is 12.1. The van der Waals surface area contributed by atoms with Crippen LogP contribution in [0.4, 0.5) is 0 Å². The third kappa shape index (κ3) is 5.23. The summed E-state index contributed by atoms with van der Waals surface area (Å²) in [6.07, 6.45) is 3.05. The average Bonchev–Trinajstić information content (AvgIpc) is 2.37. The summed E-state index contributed by atoms with van der Waals surface area (Å²) in [7, 11) is -3.41. The first-order chi connectivity index (χ1) is 9.36. The Balaban J connectivity index is 2.60.